The first kappa shape index (κ1) is 20.6. The van der Waals surface area contributed by atoms with E-state index in [9.17, 15) is 14.2 Å². The van der Waals surface area contributed by atoms with E-state index >= 15 is 0 Å². The number of nitrogens with one attached hydrogen (secondary N) is 1. The summed E-state index contributed by atoms with van der Waals surface area (Å²) in [6, 6.07) is 9.92. The van der Waals surface area contributed by atoms with Gasteiger partial charge in [-0.3, -0.25) is 18.9 Å². The van der Waals surface area contributed by atoms with Gasteiger partial charge in [-0.15, -0.1) is 0 Å². The molecule has 1 N–H and O–H groups in total. The van der Waals surface area contributed by atoms with Gasteiger partial charge < -0.3 is 4.52 Å². The van der Waals surface area contributed by atoms with Crippen LogP contribution >= 0.6 is 7.37 Å². The van der Waals surface area contributed by atoms with Gasteiger partial charge in [0.1, 0.15) is 0 Å². The van der Waals surface area contributed by atoms with Gasteiger partial charge >= 0.3 is 5.69 Å². The maximum absolute atomic E-state index is 12.7. The number of hydrogen-bond acceptors (Lipinski definition) is 4. The Hall–Kier alpha value is -2.17. The van der Waals surface area contributed by atoms with Crippen LogP contribution in [0.25, 0.3) is 0 Å². The standard InChI is InChI=1S/C21H27N2O4P/c1-16-14-23(21(25)22-20(16)24)19-10-8-18(9-11-19)15-27-28(2,26)13-12-17-6-4-3-5-7-17/h3-8,10,14,18-19H,9,11-13,15H2,1-2H3,(H,22,24,25). The molecule has 1 heterocycles. The van der Waals surface area contributed by atoms with Crippen molar-refractivity contribution in [3.8, 4) is 0 Å². The highest BCUT2D eigenvalue weighted by Crippen LogP contribution is 2.44. The van der Waals surface area contributed by atoms with Crippen LogP contribution in [0.1, 0.15) is 30.0 Å². The topological polar surface area (TPSA) is 81.2 Å². The van der Waals surface area contributed by atoms with Crippen LogP contribution in [0, 0.1) is 12.8 Å². The molecule has 0 amide bonds. The summed E-state index contributed by atoms with van der Waals surface area (Å²) in [4.78, 5) is 25.9. The number of aromatic amines is 1. The first-order chi connectivity index (χ1) is 13.3. The highest BCUT2D eigenvalue weighted by molar-refractivity contribution is 7.58. The fourth-order valence-electron chi connectivity index (χ4n) is 3.36. The molecule has 7 heteroatoms. The molecular formula is C21H27N2O4P. The summed E-state index contributed by atoms with van der Waals surface area (Å²) in [5, 5.41) is 0. The molecule has 0 aliphatic heterocycles. The van der Waals surface area contributed by atoms with Gasteiger partial charge in [-0.1, -0.05) is 42.5 Å². The summed E-state index contributed by atoms with van der Waals surface area (Å²) < 4.78 is 20.0. The molecule has 150 valence electrons. The predicted octanol–water partition coefficient (Wildman–Crippen LogP) is 3.52. The Morgan fingerprint density at radius 3 is 2.61 bits per heavy atom. The van der Waals surface area contributed by atoms with Gasteiger partial charge in [0.15, 0.2) is 0 Å². The molecule has 0 fully saturated rings. The van der Waals surface area contributed by atoms with Crippen molar-refractivity contribution in [3.05, 3.63) is 80.6 Å². The van der Waals surface area contributed by atoms with Crippen molar-refractivity contribution >= 4 is 7.37 Å². The lowest BCUT2D eigenvalue weighted by Gasteiger charge is -2.25. The van der Waals surface area contributed by atoms with Gasteiger partial charge in [0, 0.05) is 30.5 Å². The molecule has 2 aromatic rings. The minimum atomic E-state index is -2.65. The Morgan fingerprint density at radius 1 is 1.18 bits per heavy atom. The fraction of sp³-hybridized carbons (Fsp3) is 0.429. The van der Waals surface area contributed by atoms with E-state index in [1.807, 2.05) is 42.5 Å². The van der Waals surface area contributed by atoms with Crippen molar-refractivity contribution in [2.75, 3.05) is 19.4 Å². The first-order valence-electron chi connectivity index (χ1n) is 9.59. The molecule has 3 rings (SSSR count). The molecule has 3 unspecified atom stereocenters. The second-order valence-electron chi connectivity index (χ2n) is 7.54. The molecule has 0 radical (unpaired) electrons. The smallest absolute Gasteiger partial charge is 0.328 e. The normalized spacial score (nSPS) is 21.4. The summed E-state index contributed by atoms with van der Waals surface area (Å²) in [7, 11) is -2.65. The van der Waals surface area contributed by atoms with Crippen LogP contribution in [0.5, 0.6) is 0 Å². The molecule has 1 aromatic heterocycles. The highest BCUT2D eigenvalue weighted by atomic mass is 31.2. The Kier molecular flexibility index (Phi) is 6.53. The number of nitrogens with zero attached hydrogens (tertiary/aromatic N) is 1. The monoisotopic (exact) mass is 402 g/mol. The second-order valence-corrected chi connectivity index (χ2v) is 10.3. The zero-order chi connectivity index (χ0) is 20.1. The van der Waals surface area contributed by atoms with Gasteiger partial charge in [-0.05, 0) is 31.7 Å². The third-order valence-corrected chi connectivity index (χ3v) is 6.88. The SMILES string of the molecule is Cc1cn(C2C=CC(COP(C)(=O)CCc3ccccc3)CC2)c(=O)[nH]c1=O. The average Bonchev–Trinajstić information content (AvgIpc) is 2.69. The molecule has 28 heavy (non-hydrogen) atoms. The van der Waals surface area contributed by atoms with Crippen LogP contribution in [-0.4, -0.2) is 29.0 Å². The van der Waals surface area contributed by atoms with Crippen molar-refractivity contribution in [2.45, 2.75) is 32.2 Å². The lowest BCUT2D eigenvalue weighted by atomic mass is 9.93. The highest BCUT2D eigenvalue weighted by Gasteiger charge is 2.22. The van der Waals surface area contributed by atoms with E-state index in [1.165, 1.54) is 0 Å². The largest absolute Gasteiger partial charge is 0.328 e. The van der Waals surface area contributed by atoms with Crippen molar-refractivity contribution in [3.63, 3.8) is 0 Å². The molecule has 1 aromatic carbocycles. The van der Waals surface area contributed by atoms with Crippen LogP contribution in [0.3, 0.4) is 0 Å². The summed E-state index contributed by atoms with van der Waals surface area (Å²) in [5.74, 6) is 0.181. The predicted molar refractivity (Wildman–Crippen MR) is 111 cm³/mol. The van der Waals surface area contributed by atoms with Crippen molar-refractivity contribution in [1.82, 2.24) is 9.55 Å². The van der Waals surface area contributed by atoms with Gasteiger partial charge in [0.05, 0.1) is 12.6 Å². The molecule has 0 spiro atoms. The average molecular weight is 402 g/mol. The Morgan fingerprint density at radius 2 is 1.93 bits per heavy atom. The summed E-state index contributed by atoms with van der Waals surface area (Å²) >= 11 is 0. The molecule has 0 saturated heterocycles. The lowest BCUT2D eigenvalue weighted by Crippen LogP contribution is -2.33. The van der Waals surface area contributed by atoms with E-state index in [4.69, 9.17) is 4.52 Å². The lowest BCUT2D eigenvalue weighted by molar-refractivity contribution is 0.257. The van der Waals surface area contributed by atoms with Crippen molar-refractivity contribution < 1.29 is 9.09 Å². The number of rotatable bonds is 7. The Labute approximate surface area is 164 Å². The van der Waals surface area contributed by atoms with E-state index in [2.05, 4.69) is 4.98 Å². The van der Waals surface area contributed by atoms with E-state index < -0.39 is 7.37 Å². The molecule has 0 saturated carbocycles. The maximum atomic E-state index is 12.7. The third kappa shape index (κ3) is 5.43. The Balaban J connectivity index is 1.54. The number of allylic oxidation sites excluding steroid dienone is 1. The van der Waals surface area contributed by atoms with Crippen LogP contribution in [0.4, 0.5) is 0 Å². The number of aromatic nitrogens is 2. The molecule has 1 aliphatic rings. The third-order valence-electron chi connectivity index (χ3n) is 5.15. The van der Waals surface area contributed by atoms with Gasteiger partial charge in [0.25, 0.3) is 5.56 Å². The minimum Gasteiger partial charge on any atom is -0.328 e. The summed E-state index contributed by atoms with van der Waals surface area (Å²) in [5.41, 5.74) is 0.944. The zero-order valence-corrected chi connectivity index (χ0v) is 17.2. The first-order valence-corrected chi connectivity index (χ1v) is 11.9. The van der Waals surface area contributed by atoms with Crippen LogP contribution in [0.2, 0.25) is 0 Å². The maximum Gasteiger partial charge on any atom is 0.328 e. The van der Waals surface area contributed by atoms with Crippen molar-refractivity contribution in [1.29, 1.82) is 0 Å². The molecule has 3 atom stereocenters. The van der Waals surface area contributed by atoms with E-state index in [1.54, 1.807) is 24.4 Å². The molecule has 1 aliphatic carbocycles. The van der Waals surface area contributed by atoms with Crippen LogP contribution in [0.15, 0.2) is 58.3 Å². The van der Waals surface area contributed by atoms with Gasteiger partial charge in [-0.2, -0.15) is 0 Å². The Bertz CT molecular complexity index is 993. The zero-order valence-electron chi connectivity index (χ0n) is 16.3. The second kappa shape index (κ2) is 8.89. The van der Waals surface area contributed by atoms with E-state index in [0.717, 1.165) is 24.8 Å². The number of H-pyrrole nitrogens is 1. The molecular weight excluding hydrogens is 375 g/mol. The summed E-state index contributed by atoms with van der Waals surface area (Å²) in [6.45, 7) is 3.81. The van der Waals surface area contributed by atoms with E-state index in [0.29, 0.717) is 18.3 Å². The van der Waals surface area contributed by atoms with Crippen LogP contribution < -0.4 is 11.2 Å². The quantitative estimate of drug-likeness (QED) is 0.568. The molecule has 6 nitrogen and oxygen atoms in total. The van der Waals surface area contributed by atoms with Crippen LogP contribution in [-0.2, 0) is 15.5 Å². The molecule has 0 bridgehead atoms. The fourth-order valence-corrected chi connectivity index (χ4v) is 4.66. The number of hydrogen-bond donors (Lipinski definition) is 1. The number of aryl methyl sites for hydroxylation is 2. The summed E-state index contributed by atoms with van der Waals surface area (Å²) in [6.07, 6.45) is 8.49. The van der Waals surface area contributed by atoms with E-state index in [-0.39, 0.29) is 23.2 Å². The van der Waals surface area contributed by atoms with Gasteiger partial charge in [-0.25, -0.2) is 4.79 Å². The minimum absolute atomic E-state index is 0.0780. The van der Waals surface area contributed by atoms with Gasteiger partial charge in [0.2, 0.25) is 7.37 Å². The van der Waals surface area contributed by atoms with Crippen molar-refractivity contribution in [2.24, 2.45) is 5.92 Å². The number of benzene rings is 1.